The summed E-state index contributed by atoms with van der Waals surface area (Å²) in [4.78, 5) is 5.19. The van der Waals surface area contributed by atoms with Crippen LogP contribution in [-0.2, 0) is 0 Å². The zero-order valence-electron chi connectivity index (χ0n) is 15.0. The summed E-state index contributed by atoms with van der Waals surface area (Å²) in [5.41, 5.74) is 0. The first-order chi connectivity index (χ1) is 10.5. The van der Waals surface area contributed by atoms with Crippen LogP contribution in [0.15, 0.2) is 0 Å². The van der Waals surface area contributed by atoms with Crippen LogP contribution < -0.4 is 10.6 Å². The fourth-order valence-electron chi connectivity index (χ4n) is 4.62. The third kappa shape index (κ3) is 3.66. The van der Waals surface area contributed by atoms with Gasteiger partial charge in [-0.3, -0.25) is 4.90 Å². The van der Waals surface area contributed by atoms with E-state index in [1.165, 1.54) is 52.2 Å². The smallest absolute Gasteiger partial charge is 0.0236 e. The van der Waals surface area contributed by atoms with Crippen LogP contribution in [0.1, 0.15) is 34.1 Å². The molecule has 4 aliphatic rings. The molecule has 128 valence electrons. The van der Waals surface area contributed by atoms with Gasteiger partial charge in [0.1, 0.15) is 0 Å². The predicted molar refractivity (Wildman–Crippen MR) is 93.2 cm³/mol. The Labute approximate surface area is 137 Å². The number of rotatable bonds is 2. The van der Waals surface area contributed by atoms with Crippen molar-refractivity contribution in [3.8, 4) is 0 Å². The molecule has 0 bridgehead atoms. The van der Waals surface area contributed by atoms with Crippen molar-refractivity contribution >= 4 is 0 Å². The number of hydrogen-bond acceptors (Lipinski definition) is 4. The summed E-state index contributed by atoms with van der Waals surface area (Å²) in [6, 6.07) is 2.31. The van der Waals surface area contributed by atoms with E-state index in [1.807, 2.05) is 0 Å². The van der Waals surface area contributed by atoms with Crippen LogP contribution in [0, 0.1) is 17.8 Å². The topological polar surface area (TPSA) is 30.5 Å². The highest BCUT2D eigenvalue weighted by atomic mass is 15.2. The molecule has 0 radical (unpaired) electrons. The van der Waals surface area contributed by atoms with Gasteiger partial charge in [0.25, 0.3) is 0 Å². The molecule has 4 nitrogen and oxygen atoms in total. The molecule has 4 unspecified atom stereocenters. The standard InChI is InChI=1S/2C9H18N2/c1-7(2)11-5-8-3-10-4-9(8)6-11;1-7(2)11-5-8-3-4-10-9(8)6-11/h2*7-10H,3-6H2,1-2H3. The minimum atomic E-state index is 0.738. The van der Waals surface area contributed by atoms with Gasteiger partial charge in [-0.2, -0.15) is 0 Å². The Bertz CT molecular complexity index is 299. The van der Waals surface area contributed by atoms with Crippen LogP contribution >= 0.6 is 0 Å². The van der Waals surface area contributed by atoms with E-state index in [-0.39, 0.29) is 0 Å². The van der Waals surface area contributed by atoms with Gasteiger partial charge in [0.05, 0.1) is 0 Å². The number of nitrogens with one attached hydrogen (secondary N) is 2. The summed E-state index contributed by atoms with van der Waals surface area (Å²) >= 11 is 0. The van der Waals surface area contributed by atoms with Gasteiger partial charge in [0.2, 0.25) is 0 Å². The number of fused-ring (bicyclic) bond motifs is 2. The molecular weight excluding hydrogens is 272 g/mol. The van der Waals surface area contributed by atoms with Crippen molar-refractivity contribution in [3.05, 3.63) is 0 Å². The molecule has 0 aromatic heterocycles. The van der Waals surface area contributed by atoms with E-state index in [4.69, 9.17) is 0 Å². The van der Waals surface area contributed by atoms with Crippen LogP contribution in [0.25, 0.3) is 0 Å². The Morgan fingerprint density at radius 3 is 1.86 bits per heavy atom. The molecule has 22 heavy (non-hydrogen) atoms. The maximum absolute atomic E-state index is 3.56. The Balaban J connectivity index is 0.000000131. The van der Waals surface area contributed by atoms with Gasteiger partial charge in [-0.25, -0.2) is 0 Å². The maximum atomic E-state index is 3.56. The van der Waals surface area contributed by atoms with Gasteiger partial charge in [-0.1, -0.05) is 0 Å². The molecule has 4 atom stereocenters. The second kappa shape index (κ2) is 7.16. The van der Waals surface area contributed by atoms with Crippen molar-refractivity contribution in [2.45, 2.75) is 52.2 Å². The van der Waals surface area contributed by atoms with Gasteiger partial charge in [0.15, 0.2) is 0 Å². The number of nitrogens with zero attached hydrogens (tertiary/aromatic N) is 2. The van der Waals surface area contributed by atoms with Crippen LogP contribution in [0.3, 0.4) is 0 Å². The van der Waals surface area contributed by atoms with Crippen molar-refractivity contribution in [3.63, 3.8) is 0 Å². The van der Waals surface area contributed by atoms with E-state index in [0.717, 1.165) is 35.9 Å². The van der Waals surface area contributed by atoms with Gasteiger partial charge < -0.3 is 15.5 Å². The van der Waals surface area contributed by atoms with Crippen molar-refractivity contribution in [2.75, 3.05) is 45.8 Å². The lowest BCUT2D eigenvalue weighted by atomic mass is 10.0. The van der Waals surface area contributed by atoms with Crippen molar-refractivity contribution in [1.29, 1.82) is 0 Å². The van der Waals surface area contributed by atoms with Gasteiger partial charge in [-0.05, 0) is 71.5 Å². The third-order valence-electron chi connectivity index (χ3n) is 6.27. The SMILES string of the molecule is CC(C)N1CC2CCNC2C1.CC(C)N1CC2CNCC2C1. The second-order valence-electron chi connectivity index (χ2n) is 8.38. The summed E-state index contributed by atoms with van der Waals surface area (Å²) in [6.45, 7) is 18.2. The highest BCUT2D eigenvalue weighted by Gasteiger charge is 2.37. The molecule has 4 fully saturated rings. The highest BCUT2D eigenvalue weighted by molar-refractivity contribution is 4.94. The quantitative estimate of drug-likeness (QED) is 0.803. The van der Waals surface area contributed by atoms with Gasteiger partial charge in [0, 0.05) is 44.3 Å². The first kappa shape index (κ1) is 16.7. The van der Waals surface area contributed by atoms with E-state index in [1.54, 1.807) is 0 Å². The zero-order chi connectivity index (χ0) is 15.7. The Morgan fingerprint density at radius 2 is 1.32 bits per heavy atom. The summed E-state index contributed by atoms with van der Waals surface area (Å²) in [5, 5.41) is 7.02. The van der Waals surface area contributed by atoms with E-state index in [2.05, 4.69) is 48.1 Å². The molecule has 4 rings (SSSR count). The molecule has 0 amide bonds. The third-order valence-corrected chi connectivity index (χ3v) is 6.27. The lowest BCUT2D eigenvalue weighted by molar-refractivity contribution is 0.256. The fourth-order valence-corrected chi connectivity index (χ4v) is 4.62. The lowest BCUT2D eigenvalue weighted by Crippen LogP contribution is -2.33. The molecule has 0 spiro atoms. The normalized spacial score (nSPS) is 38.5. The first-order valence-electron chi connectivity index (χ1n) is 9.46. The van der Waals surface area contributed by atoms with Crippen molar-refractivity contribution in [1.82, 2.24) is 20.4 Å². The minimum absolute atomic E-state index is 0.738. The highest BCUT2D eigenvalue weighted by Crippen LogP contribution is 2.27. The molecule has 0 aromatic carbocycles. The zero-order valence-corrected chi connectivity index (χ0v) is 15.0. The monoisotopic (exact) mass is 308 g/mol. The average Bonchev–Trinajstić information content (AvgIpc) is 3.18. The van der Waals surface area contributed by atoms with Crippen molar-refractivity contribution < 1.29 is 0 Å². The van der Waals surface area contributed by atoms with Crippen molar-refractivity contribution in [2.24, 2.45) is 17.8 Å². The molecule has 0 aromatic rings. The van der Waals surface area contributed by atoms with E-state index in [0.29, 0.717) is 0 Å². The number of likely N-dealkylation sites (tertiary alicyclic amines) is 2. The molecular formula is C18H36N4. The van der Waals surface area contributed by atoms with Crippen LogP contribution in [0.4, 0.5) is 0 Å². The molecule has 4 heterocycles. The predicted octanol–water partition coefficient (Wildman–Crippen LogP) is 1.23. The Morgan fingerprint density at radius 1 is 0.773 bits per heavy atom. The second-order valence-corrected chi connectivity index (χ2v) is 8.38. The van der Waals surface area contributed by atoms with E-state index in [9.17, 15) is 0 Å². The Hall–Kier alpha value is -0.160. The van der Waals surface area contributed by atoms with E-state index >= 15 is 0 Å². The summed E-state index contributed by atoms with van der Waals surface area (Å²) in [6.07, 6.45) is 1.40. The Kier molecular flexibility index (Phi) is 5.43. The van der Waals surface area contributed by atoms with Gasteiger partial charge in [-0.15, -0.1) is 0 Å². The van der Waals surface area contributed by atoms with E-state index < -0.39 is 0 Å². The first-order valence-corrected chi connectivity index (χ1v) is 9.46. The summed E-state index contributed by atoms with van der Waals surface area (Å²) in [5.74, 6) is 2.87. The molecule has 4 saturated heterocycles. The summed E-state index contributed by atoms with van der Waals surface area (Å²) in [7, 11) is 0. The van der Waals surface area contributed by atoms with Crippen LogP contribution in [0.5, 0.6) is 0 Å². The maximum Gasteiger partial charge on any atom is 0.0236 e. The number of hydrogen-bond donors (Lipinski definition) is 2. The van der Waals surface area contributed by atoms with Gasteiger partial charge >= 0.3 is 0 Å². The van der Waals surface area contributed by atoms with Crippen LogP contribution in [0.2, 0.25) is 0 Å². The summed E-state index contributed by atoms with van der Waals surface area (Å²) < 4.78 is 0. The fraction of sp³-hybridized carbons (Fsp3) is 1.00. The largest absolute Gasteiger partial charge is 0.316 e. The molecule has 4 heteroatoms. The lowest BCUT2D eigenvalue weighted by Gasteiger charge is -2.20. The molecule has 0 saturated carbocycles. The molecule has 2 N–H and O–H groups in total. The minimum Gasteiger partial charge on any atom is -0.316 e. The molecule has 0 aliphatic carbocycles. The molecule has 4 aliphatic heterocycles. The van der Waals surface area contributed by atoms with Crippen LogP contribution in [-0.4, -0.2) is 73.7 Å². The average molecular weight is 309 g/mol.